The van der Waals surface area contributed by atoms with Crippen molar-refractivity contribution in [3.05, 3.63) is 53.8 Å². The van der Waals surface area contributed by atoms with Crippen molar-refractivity contribution in [2.24, 2.45) is 22.6 Å². The lowest BCUT2D eigenvalue weighted by Gasteiger charge is -2.40. The molecule has 6 heteroatoms. The SMILES string of the molecule is COc1cccc(CC(=O)NC2(C(N)=O)CCC3=NC4=CC=CCC4C3C2)c1. The van der Waals surface area contributed by atoms with E-state index >= 15 is 0 Å². The number of carbonyl (C=O) groups excluding carboxylic acids is 2. The molecule has 2 aliphatic carbocycles. The van der Waals surface area contributed by atoms with Gasteiger partial charge in [-0.1, -0.05) is 24.3 Å². The zero-order chi connectivity index (χ0) is 19.7. The van der Waals surface area contributed by atoms with E-state index in [0.717, 1.165) is 23.4 Å². The van der Waals surface area contributed by atoms with Crippen molar-refractivity contribution in [3.8, 4) is 5.75 Å². The number of aliphatic imine (C=N–C) groups is 1. The van der Waals surface area contributed by atoms with E-state index in [4.69, 9.17) is 15.5 Å². The lowest BCUT2D eigenvalue weighted by molar-refractivity contribution is -0.132. The van der Waals surface area contributed by atoms with Crippen LogP contribution >= 0.6 is 0 Å². The molecular formula is C22H25N3O3. The van der Waals surface area contributed by atoms with E-state index in [0.29, 0.717) is 25.0 Å². The van der Waals surface area contributed by atoms with Gasteiger partial charge in [0.05, 0.1) is 13.5 Å². The molecule has 146 valence electrons. The Morgan fingerprint density at radius 3 is 3.00 bits per heavy atom. The molecule has 1 aromatic rings. The Kier molecular flexibility index (Phi) is 4.79. The van der Waals surface area contributed by atoms with E-state index in [9.17, 15) is 9.59 Å². The molecule has 3 aliphatic rings. The van der Waals surface area contributed by atoms with Crippen LogP contribution in [0, 0.1) is 11.8 Å². The Labute approximate surface area is 164 Å². The maximum absolute atomic E-state index is 12.8. The van der Waals surface area contributed by atoms with Gasteiger partial charge in [0.15, 0.2) is 0 Å². The summed E-state index contributed by atoms with van der Waals surface area (Å²) in [5, 5.41) is 2.98. The molecule has 0 radical (unpaired) electrons. The number of amides is 2. The first-order valence-electron chi connectivity index (χ1n) is 9.69. The van der Waals surface area contributed by atoms with Crippen LogP contribution in [0.15, 0.2) is 53.2 Å². The van der Waals surface area contributed by atoms with Gasteiger partial charge in [-0.3, -0.25) is 14.6 Å². The van der Waals surface area contributed by atoms with Crippen molar-refractivity contribution in [1.82, 2.24) is 5.32 Å². The Morgan fingerprint density at radius 1 is 1.36 bits per heavy atom. The molecule has 0 spiro atoms. The van der Waals surface area contributed by atoms with E-state index in [1.54, 1.807) is 7.11 Å². The second-order valence-corrected chi connectivity index (χ2v) is 7.80. The van der Waals surface area contributed by atoms with Gasteiger partial charge in [0.1, 0.15) is 11.3 Å². The lowest BCUT2D eigenvalue weighted by Crippen LogP contribution is -2.61. The highest BCUT2D eigenvalue weighted by molar-refractivity contribution is 5.97. The highest BCUT2D eigenvalue weighted by Gasteiger charge is 2.49. The first-order valence-corrected chi connectivity index (χ1v) is 9.69. The smallest absolute Gasteiger partial charge is 0.243 e. The molecule has 3 atom stereocenters. The third-order valence-electron chi connectivity index (χ3n) is 6.08. The minimum absolute atomic E-state index is 0.162. The number of hydrogen-bond acceptors (Lipinski definition) is 4. The lowest BCUT2D eigenvalue weighted by atomic mass is 9.69. The number of allylic oxidation sites excluding steroid dienone is 4. The standard InChI is InChI=1S/C22H25N3O3/c1-28-15-6-4-5-14(11-15)12-20(26)25-22(21(23)27)10-9-19-17(13-22)16-7-2-3-8-18(16)24-19/h2-6,8,11,16-17H,7,9-10,12-13H2,1H3,(H2,23,27)(H,25,26). The van der Waals surface area contributed by atoms with E-state index in [2.05, 4.69) is 11.4 Å². The van der Waals surface area contributed by atoms with Crippen LogP contribution in [0.2, 0.25) is 0 Å². The van der Waals surface area contributed by atoms with Crippen LogP contribution in [0.1, 0.15) is 31.2 Å². The number of nitrogens with zero attached hydrogens (tertiary/aromatic N) is 1. The maximum atomic E-state index is 12.8. The number of nitrogens with two attached hydrogens (primary N) is 1. The molecule has 1 heterocycles. The molecule has 3 unspecified atom stereocenters. The molecule has 4 rings (SSSR count). The van der Waals surface area contributed by atoms with Crippen molar-refractivity contribution < 1.29 is 14.3 Å². The van der Waals surface area contributed by atoms with Crippen molar-refractivity contribution in [2.75, 3.05) is 7.11 Å². The van der Waals surface area contributed by atoms with Crippen molar-refractivity contribution >= 4 is 17.5 Å². The van der Waals surface area contributed by atoms with Crippen molar-refractivity contribution in [2.45, 2.75) is 37.6 Å². The van der Waals surface area contributed by atoms with E-state index in [1.807, 2.05) is 36.4 Å². The molecular weight excluding hydrogens is 354 g/mol. The van der Waals surface area contributed by atoms with Crippen LogP contribution in [0.4, 0.5) is 0 Å². The molecule has 28 heavy (non-hydrogen) atoms. The first kappa shape index (κ1) is 18.5. The number of primary amides is 1. The van der Waals surface area contributed by atoms with Gasteiger partial charge >= 0.3 is 0 Å². The van der Waals surface area contributed by atoms with Gasteiger partial charge in [-0.2, -0.15) is 0 Å². The fourth-order valence-corrected chi connectivity index (χ4v) is 4.61. The Hall–Kier alpha value is -2.89. The highest BCUT2D eigenvalue weighted by Crippen LogP contribution is 2.45. The third kappa shape index (κ3) is 3.35. The van der Waals surface area contributed by atoms with E-state index in [-0.39, 0.29) is 24.2 Å². The van der Waals surface area contributed by atoms with Gasteiger partial charge in [-0.05, 0) is 49.5 Å². The van der Waals surface area contributed by atoms with E-state index < -0.39 is 11.4 Å². The summed E-state index contributed by atoms with van der Waals surface area (Å²) >= 11 is 0. The molecule has 1 aromatic carbocycles. The second kappa shape index (κ2) is 7.26. The molecule has 1 saturated carbocycles. The number of fused-ring (bicyclic) bond motifs is 3. The molecule has 0 bridgehead atoms. The summed E-state index contributed by atoms with van der Waals surface area (Å²) in [6.07, 6.45) is 8.99. The summed E-state index contributed by atoms with van der Waals surface area (Å²) in [5.74, 6) is 0.479. The zero-order valence-corrected chi connectivity index (χ0v) is 16.0. The Balaban J connectivity index is 1.50. The van der Waals surface area contributed by atoms with Crippen LogP contribution in [-0.2, 0) is 16.0 Å². The average molecular weight is 379 g/mol. The predicted molar refractivity (Wildman–Crippen MR) is 107 cm³/mol. The number of methoxy groups -OCH3 is 1. The minimum atomic E-state index is -1.02. The maximum Gasteiger partial charge on any atom is 0.243 e. The summed E-state index contributed by atoms with van der Waals surface area (Å²) in [7, 11) is 1.59. The molecule has 0 aromatic heterocycles. The number of carbonyl (C=O) groups is 2. The summed E-state index contributed by atoms with van der Waals surface area (Å²) < 4.78 is 5.21. The topological polar surface area (TPSA) is 93.8 Å². The van der Waals surface area contributed by atoms with Crippen LogP contribution < -0.4 is 15.8 Å². The number of nitrogens with one attached hydrogen (secondary N) is 1. The fraction of sp³-hybridized carbons (Fsp3) is 0.409. The monoisotopic (exact) mass is 379 g/mol. The van der Waals surface area contributed by atoms with Gasteiger partial charge < -0.3 is 15.8 Å². The van der Waals surface area contributed by atoms with Gasteiger partial charge in [-0.15, -0.1) is 0 Å². The van der Waals surface area contributed by atoms with Crippen LogP contribution in [0.5, 0.6) is 5.75 Å². The zero-order valence-electron chi connectivity index (χ0n) is 16.0. The van der Waals surface area contributed by atoms with Gasteiger partial charge in [-0.25, -0.2) is 0 Å². The Morgan fingerprint density at radius 2 is 2.21 bits per heavy atom. The van der Waals surface area contributed by atoms with Gasteiger partial charge in [0.25, 0.3) is 0 Å². The number of hydrogen-bond donors (Lipinski definition) is 2. The predicted octanol–water partition coefficient (Wildman–Crippen LogP) is 2.29. The van der Waals surface area contributed by atoms with Crippen LogP contribution in [0.3, 0.4) is 0 Å². The molecule has 1 fully saturated rings. The molecule has 1 aliphatic heterocycles. The molecule has 3 N–H and O–H groups in total. The fourth-order valence-electron chi connectivity index (χ4n) is 4.61. The third-order valence-corrected chi connectivity index (χ3v) is 6.08. The van der Waals surface area contributed by atoms with Crippen molar-refractivity contribution in [3.63, 3.8) is 0 Å². The summed E-state index contributed by atoms with van der Waals surface area (Å²) in [4.78, 5) is 30.0. The Bertz CT molecular complexity index is 902. The minimum Gasteiger partial charge on any atom is -0.497 e. The highest BCUT2D eigenvalue weighted by atomic mass is 16.5. The van der Waals surface area contributed by atoms with Gasteiger partial charge in [0.2, 0.25) is 11.8 Å². The summed E-state index contributed by atoms with van der Waals surface area (Å²) in [5.41, 5.74) is 7.84. The van der Waals surface area contributed by atoms with E-state index in [1.165, 1.54) is 0 Å². The van der Waals surface area contributed by atoms with Crippen LogP contribution in [-0.4, -0.2) is 30.2 Å². The summed E-state index contributed by atoms with van der Waals surface area (Å²) in [6.45, 7) is 0. The average Bonchev–Trinajstić information content (AvgIpc) is 3.05. The van der Waals surface area contributed by atoms with Gasteiger partial charge in [0, 0.05) is 23.2 Å². The quantitative estimate of drug-likeness (QED) is 0.822. The number of rotatable bonds is 5. The molecule has 0 saturated heterocycles. The number of benzene rings is 1. The summed E-state index contributed by atoms with van der Waals surface area (Å²) in [6, 6.07) is 7.37. The largest absolute Gasteiger partial charge is 0.497 e. The number of ether oxygens (including phenoxy) is 1. The first-order chi connectivity index (χ1) is 13.5. The normalized spacial score (nSPS) is 27.9. The molecule has 6 nitrogen and oxygen atoms in total. The van der Waals surface area contributed by atoms with Crippen LogP contribution in [0.25, 0.3) is 0 Å². The second-order valence-electron chi connectivity index (χ2n) is 7.80. The van der Waals surface area contributed by atoms with Crippen molar-refractivity contribution in [1.29, 1.82) is 0 Å². The molecule has 2 amide bonds.